The van der Waals surface area contributed by atoms with Crippen molar-refractivity contribution in [3.05, 3.63) is 39.7 Å². The van der Waals surface area contributed by atoms with Crippen molar-refractivity contribution < 1.29 is 0 Å². The first-order valence-electron chi connectivity index (χ1n) is 7.44. The fourth-order valence-corrected chi connectivity index (χ4v) is 3.62. The summed E-state index contributed by atoms with van der Waals surface area (Å²) in [6, 6.07) is 2.75. The van der Waals surface area contributed by atoms with Gasteiger partial charge in [-0.1, -0.05) is 32.3 Å². The minimum Gasteiger partial charge on any atom is -0.383 e. The molecule has 0 spiro atoms. The molecule has 0 saturated heterocycles. The smallest absolute Gasteiger partial charge is 0.0422 e. The average molecular weight is 275 g/mol. The van der Waals surface area contributed by atoms with Crippen molar-refractivity contribution in [2.75, 3.05) is 0 Å². The number of thiophene rings is 1. The van der Waals surface area contributed by atoms with Crippen LogP contribution in [0.4, 0.5) is 0 Å². The molecule has 0 amide bonds. The lowest BCUT2D eigenvalue weighted by Gasteiger charge is -2.19. The summed E-state index contributed by atoms with van der Waals surface area (Å²) < 4.78 is 0. The van der Waals surface area contributed by atoms with E-state index >= 15 is 0 Å². The normalized spacial score (nSPS) is 18.8. The number of nitrogens with one attached hydrogen (secondary N) is 1. The lowest BCUT2D eigenvalue weighted by molar-refractivity contribution is 0.667. The minimum atomic E-state index is 0.440. The fraction of sp³-hybridized carbons (Fsp3) is 0.529. The lowest BCUT2D eigenvalue weighted by Crippen LogP contribution is -2.24. The number of hydrogen-bond donors (Lipinski definition) is 1. The van der Waals surface area contributed by atoms with E-state index < -0.39 is 0 Å². The van der Waals surface area contributed by atoms with Crippen LogP contribution in [0.3, 0.4) is 0 Å². The lowest BCUT2D eigenvalue weighted by atomic mass is 10.00. The van der Waals surface area contributed by atoms with Gasteiger partial charge in [-0.15, -0.1) is 11.3 Å². The van der Waals surface area contributed by atoms with Gasteiger partial charge in [0.2, 0.25) is 0 Å². The van der Waals surface area contributed by atoms with E-state index in [1.807, 2.05) is 11.3 Å². The molecule has 1 unspecified atom stereocenters. The molecular formula is C17H25NS. The molecule has 1 atom stereocenters. The third kappa shape index (κ3) is 3.97. The van der Waals surface area contributed by atoms with Crippen LogP contribution >= 0.6 is 11.3 Å². The first-order chi connectivity index (χ1) is 9.20. The highest BCUT2D eigenvalue weighted by atomic mass is 32.1. The Kier molecular flexibility index (Phi) is 5.26. The van der Waals surface area contributed by atoms with Crippen LogP contribution in [0.2, 0.25) is 0 Å². The second-order valence-corrected chi connectivity index (χ2v) is 6.38. The Balaban J connectivity index is 2.07. The molecular weight excluding hydrogens is 250 g/mol. The minimum absolute atomic E-state index is 0.440. The summed E-state index contributed by atoms with van der Waals surface area (Å²) in [7, 11) is 0. The Hall–Kier alpha value is -1.02. The van der Waals surface area contributed by atoms with Gasteiger partial charge in [0.05, 0.1) is 0 Å². The Morgan fingerprint density at radius 1 is 1.26 bits per heavy atom. The van der Waals surface area contributed by atoms with Gasteiger partial charge in [-0.2, -0.15) is 0 Å². The van der Waals surface area contributed by atoms with Crippen molar-refractivity contribution in [2.24, 2.45) is 0 Å². The van der Waals surface area contributed by atoms with Gasteiger partial charge < -0.3 is 5.32 Å². The van der Waals surface area contributed by atoms with Gasteiger partial charge in [0.15, 0.2) is 0 Å². The monoisotopic (exact) mass is 275 g/mol. The molecule has 1 aromatic heterocycles. The highest BCUT2D eigenvalue weighted by molar-refractivity contribution is 7.11. The maximum Gasteiger partial charge on any atom is 0.0422 e. The van der Waals surface area contributed by atoms with Crippen LogP contribution in [-0.2, 0) is 6.42 Å². The Morgan fingerprint density at radius 2 is 2.11 bits per heavy atom. The number of allylic oxidation sites excluding steroid dienone is 3. The number of hydrogen-bond acceptors (Lipinski definition) is 2. The first-order valence-corrected chi connectivity index (χ1v) is 8.32. The van der Waals surface area contributed by atoms with E-state index in [4.69, 9.17) is 0 Å². The molecule has 1 nitrogen and oxygen atoms in total. The van der Waals surface area contributed by atoms with E-state index in [1.54, 1.807) is 0 Å². The van der Waals surface area contributed by atoms with Crippen molar-refractivity contribution in [2.45, 2.75) is 58.9 Å². The van der Waals surface area contributed by atoms with Crippen molar-refractivity contribution in [1.29, 1.82) is 0 Å². The zero-order chi connectivity index (χ0) is 13.7. The Labute approximate surface area is 121 Å². The number of aryl methyl sites for hydroxylation is 1. The zero-order valence-electron chi connectivity index (χ0n) is 12.3. The molecule has 0 fully saturated rings. The molecule has 0 radical (unpaired) electrons. The number of rotatable bonds is 6. The molecule has 2 rings (SSSR count). The van der Waals surface area contributed by atoms with Gasteiger partial charge in [-0.05, 0) is 55.3 Å². The molecule has 0 bridgehead atoms. The zero-order valence-corrected chi connectivity index (χ0v) is 13.1. The first kappa shape index (κ1) is 14.4. The highest BCUT2D eigenvalue weighted by Crippen LogP contribution is 2.30. The summed E-state index contributed by atoms with van der Waals surface area (Å²) >= 11 is 1.88. The second-order valence-electron chi connectivity index (χ2n) is 5.47. The molecule has 0 saturated carbocycles. The average Bonchev–Trinajstić information content (AvgIpc) is 2.82. The van der Waals surface area contributed by atoms with Gasteiger partial charge >= 0.3 is 0 Å². The van der Waals surface area contributed by atoms with Crippen LogP contribution in [0, 0.1) is 0 Å². The van der Waals surface area contributed by atoms with E-state index in [1.165, 1.54) is 53.8 Å². The van der Waals surface area contributed by atoms with Crippen LogP contribution in [0.25, 0.3) is 5.57 Å². The molecule has 1 aromatic rings. The van der Waals surface area contributed by atoms with E-state index in [0.717, 1.165) is 0 Å². The van der Waals surface area contributed by atoms with Crippen LogP contribution in [0.5, 0.6) is 0 Å². The van der Waals surface area contributed by atoms with Crippen LogP contribution in [0.1, 0.15) is 56.9 Å². The summed E-state index contributed by atoms with van der Waals surface area (Å²) in [6.07, 6.45) is 11.2. The molecule has 1 aliphatic rings. The van der Waals surface area contributed by atoms with E-state index in [0.29, 0.717) is 6.04 Å². The van der Waals surface area contributed by atoms with Crippen molar-refractivity contribution >= 4 is 16.9 Å². The molecule has 104 valence electrons. The third-order valence-corrected chi connectivity index (χ3v) is 4.57. The quantitative estimate of drug-likeness (QED) is 0.708. The molecule has 0 aromatic carbocycles. The summed E-state index contributed by atoms with van der Waals surface area (Å²) in [5.41, 5.74) is 4.21. The van der Waals surface area contributed by atoms with Crippen molar-refractivity contribution in [1.82, 2.24) is 5.32 Å². The van der Waals surface area contributed by atoms with E-state index in [-0.39, 0.29) is 0 Å². The maximum atomic E-state index is 3.44. The third-order valence-electron chi connectivity index (χ3n) is 3.57. The highest BCUT2D eigenvalue weighted by Gasteiger charge is 2.13. The molecule has 2 heteroatoms. The number of unbranched alkanes of at least 4 members (excludes halogenated alkanes) is 3. The fourth-order valence-electron chi connectivity index (χ4n) is 2.66. The van der Waals surface area contributed by atoms with E-state index in [9.17, 15) is 0 Å². The van der Waals surface area contributed by atoms with Crippen molar-refractivity contribution in [3.63, 3.8) is 0 Å². The second kappa shape index (κ2) is 6.95. The SMILES string of the molecule is CCCCCCc1ccsc1C1=CC(C)NC(C)=C1. The predicted octanol–water partition coefficient (Wildman–Crippen LogP) is 5.15. The topological polar surface area (TPSA) is 12.0 Å². The summed E-state index contributed by atoms with van der Waals surface area (Å²) in [5, 5.41) is 5.68. The standard InChI is InChI=1S/C17H25NS/c1-4-5-6-7-8-15-9-10-19-17(15)16-11-13(2)18-14(3)12-16/h9-13,18H,4-8H2,1-3H3. The predicted molar refractivity (Wildman–Crippen MR) is 86.5 cm³/mol. The molecule has 0 aliphatic carbocycles. The van der Waals surface area contributed by atoms with Crippen LogP contribution < -0.4 is 5.32 Å². The summed E-state index contributed by atoms with van der Waals surface area (Å²) in [4.78, 5) is 1.48. The molecule has 1 aliphatic heterocycles. The molecule has 1 N–H and O–H groups in total. The molecule has 2 heterocycles. The summed E-state index contributed by atoms with van der Waals surface area (Å²) in [6.45, 7) is 6.63. The van der Waals surface area contributed by atoms with E-state index in [2.05, 4.69) is 49.7 Å². The Morgan fingerprint density at radius 3 is 2.84 bits per heavy atom. The van der Waals surface area contributed by atoms with Crippen LogP contribution in [-0.4, -0.2) is 6.04 Å². The van der Waals surface area contributed by atoms with Crippen LogP contribution in [0.15, 0.2) is 29.3 Å². The van der Waals surface area contributed by atoms with Gasteiger partial charge in [0.1, 0.15) is 0 Å². The largest absolute Gasteiger partial charge is 0.383 e. The van der Waals surface area contributed by atoms with Crippen molar-refractivity contribution in [3.8, 4) is 0 Å². The summed E-state index contributed by atoms with van der Waals surface area (Å²) in [5.74, 6) is 0. The maximum absolute atomic E-state index is 3.44. The van der Waals surface area contributed by atoms with Gasteiger partial charge in [-0.3, -0.25) is 0 Å². The molecule has 19 heavy (non-hydrogen) atoms. The number of dihydropyridines is 1. The van der Waals surface area contributed by atoms with Gasteiger partial charge in [0.25, 0.3) is 0 Å². The van der Waals surface area contributed by atoms with Gasteiger partial charge in [-0.25, -0.2) is 0 Å². The van der Waals surface area contributed by atoms with Gasteiger partial charge in [0, 0.05) is 16.6 Å². The Bertz CT molecular complexity index is 467.